The first-order chi connectivity index (χ1) is 3.46. The monoisotopic (exact) mass is 262 g/mol. The van der Waals surface area contributed by atoms with E-state index in [1.165, 1.54) is 0 Å². The van der Waals surface area contributed by atoms with E-state index in [-0.39, 0.29) is 51.8 Å². The molecule has 0 nitrogen and oxygen atoms in total. The number of hydrogen-bond donors (Lipinski definition) is 0. The zero-order valence-corrected chi connectivity index (χ0v) is 13.3. The molecule has 0 heterocycles. The van der Waals surface area contributed by atoms with E-state index in [1.54, 1.807) is 0 Å². The minimum Gasteiger partial charge on any atom is 0 e. The second-order valence-electron chi connectivity index (χ2n) is 3.00. The Morgan fingerprint density at radius 2 is 0.556 bits per heavy atom. The van der Waals surface area contributed by atoms with Crippen molar-refractivity contribution in [2.24, 2.45) is 0 Å². The first-order valence-electron chi connectivity index (χ1n) is 3.00. The molecule has 0 saturated heterocycles. The van der Waals surface area contributed by atoms with Gasteiger partial charge >= 0.3 is 63.2 Å². The van der Waals surface area contributed by atoms with Crippen LogP contribution in [-0.2, 0) is 0 Å². The molecule has 0 atom stereocenters. The average Bonchev–Trinajstić information content (AvgIpc) is 1.25. The Labute approximate surface area is 85.5 Å². The molecule has 0 rings (SSSR count). The first-order valence-corrected chi connectivity index (χ1v) is 15.6. The van der Waals surface area contributed by atoms with Gasteiger partial charge in [-0.2, -0.15) is 0 Å². The largest absolute Gasteiger partial charge is 0 e. The fraction of sp³-hybridized carbons (Fsp3) is 1.00. The fourth-order valence-corrected chi connectivity index (χ4v) is 0. The maximum atomic E-state index is 2.33. The second kappa shape index (κ2) is 12.5. The number of rotatable bonds is 0. The summed E-state index contributed by atoms with van der Waals surface area (Å²) >= 11 is -0.667. The van der Waals surface area contributed by atoms with Crippen LogP contribution in [0.1, 0.15) is 0 Å². The van der Waals surface area contributed by atoms with E-state index in [9.17, 15) is 0 Å². The van der Waals surface area contributed by atoms with E-state index >= 15 is 0 Å². The molecule has 3 heteroatoms. The molecule has 9 heavy (non-hydrogen) atoms. The Hall–Kier alpha value is 1.85. The Balaban J connectivity index is -0.0000000720. The van der Waals surface area contributed by atoms with E-state index < -0.39 is 0 Å². The van der Waals surface area contributed by atoms with Crippen LogP contribution in [0.15, 0.2) is 0 Å². The standard InChI is InChI=1S/2C3H9Ge.Mg/c2*1-4(2)3;/h2*1-3H3;. The molecule has 0 unspecified atom stereocenters. The molecule has 0 aliphatic heterocycles. The van der Waals surface area contributed by atoms with Gasteiger partial charge in [-0.15, -0.1) is 0 Å². The molecular weight excluding hydrogens is 242 g/mol. The van der Waals surface area contributed by atoms with E-state index in [0.717, 1.165) is 0 Å². The van der Waals surface area contributed by atoms with Crippen molar-refractivity contribution in [3.8, 4) is 0 Å². The molecule has 0 fully saturated rings. The third kappa shape index (κ3) is 177. The van der Waals surface area contributed by atoms with Crippen LogP contribution in [-0.4, -0.2) is 51.8 Å². The molecule has 0 aliphatic rings. The van der Waals surface area contributed by atoms with Gasteiger partial charge in [0.15, 0.2) is 0 Å². The molecule has 0 spiro atoms. The molecule has 0 N–H and O–H groups in total. The van der Waals surface area contributed by atoms with Crippen LogP contribution in [0.2, 0.25) is 34.5 Å². The van der Waals surface area contributed by atoms with Crippen molar-refractivity contribution >= 4 is 51.8 Å². The summed E-state index contributed by atoms with van der Waals surface area (Å²) in [5.74, 6) is 14.0. The van der Waals surface area contributed by atoms with Crippen LogP contribution < -0.4 is 0 Å². The number of hydrogen-bond acceptors (Lipinski definition) is 0. The molecule has 0 saturated carbocycles. The van der Waals surface area contributed by atoms with Crippen LogP contribution in [0.3, 0.4) is 0 Å². The average molecular weight is 260 g/mol. The zero-order valence-electron chi connectivity index (χ0n) is 7.71. The van der Waals surface area contributed by atoms with E-state index in [4.69, 9.17) is 0 Å². The van der Waals surface area contributed by atoms with Crippen molar-refractivity contribution in [3.63, 3.8) is 0 Å². The van der Waals surface area contributed by atoms with Crippen LogP contribution in [0, 0.1) is 0 Å². The molecule has 0 aromatic carbocycles. The third-order valence-electron chi connectivity index (χ3n) is 0. The molecule has 52 valence electrons. The summed E-state index contributed by atoms with van der Waals surface area (Å²) < 4.78 is 0. The van der Waals surface area contributed by atoms with Crippen LogP contribution >= 0.6 is 0 Å². The molecule has 0 amide bonds. The third-order valence-corrected chi connectivity index (χ3v) is 0. The molecular formula is C6H18Ge2Mg. The molecule has 0 aliphatic carbocycles. The molecule has 0 bridgehead atoms. The first kappa shape index (κ1) is 17.1. The zero-order chi connectivity index (χ0) is 7.15. The Kier molecular flexibility index (Phi) is 23.8. The second-order valence-corrected chi connectivity index (χ2v) is 15.6. The van der Waals surface area contributed by atoms with Crippen molar-refractivity contribution in [2.75, 3.05) is 0 Å². The minimum absolute atomic E-state index is 0. The van der Waals surface area contributed by atoms with Crippen molar-refractivity contribution in [2.45, 2.75) is 34.5 Å². The van der Waals surface area contributed by atoms with E-state index in [2.05, 4.69) is 34.5 Å². The van der Waals surface area contributed by atoms with Gasteiger partial charge < -0.3 is 0 Å². The summed E-state index contributed by atoms with van der Waals surface area (Å²) in [6.45, 7) is 0. The van der Waals surface area contributed by atoms with Crippen molar-refractivity contribution in [1.29, 1.82) is 0 Å². The van der Waals surface area contributed by atoms with Gasteiger partial charge in [0.05, 0.1) is 0 Å². The quantitative estimate of drug-likeness (QED) is 0.586. The van der Waals surface area contributed by atoms with Crippen molar-refractivity contribution in [1.82, 2.24) is 0 Å². The molecule has 0 aromatic heterocycles. The summed E-state index contributed by atoms with van der Waals surface area (Å²) in [7, 11) is 0. The van der Waals surface area contributed by atoms with Gasteiger partial charge in [0.2, 0.25) is 0 Å². The minimum atomic E-state index is -0.333. The summed E-state index contributed by atoms with van der Waals surface area (Å²) in [5, 5.41) is 0. The normalized spacial score (nSPS) is 8.00. The fourth-order valence-electron chi connectivity index (χ4n) is 0. The van der Waals surface area contributed by atoms with Crippen LogP contribution in [0.25, 0.3) is 0 Å². The molecule has 4 radical (unpaired) electrons. The van der Waals surface area contributed by atoms with Gasteiger partial charge in [-0.25, -0.2) is 0 Å². The van der Waals surface area contributed by atoms with Gasteiger partial charge in [-0.1, -0.05) is 0 Å². The Bertz CT molecular complexity index is 26.5. The predicted molar refractivity (Wildman–Crippen MR) is 52.4 cm³/mol. The molecule has 0 aromatic rings. The summed E-state index contributed by atoms with van der Waals surface area (Å²) in [4.78, 5) is 0. The summed E-state index contributed by atoms with van der Waals surface area (Å²) in [6.07, 6.45) is 0. The maximum Gasteiger partial charge on any atom is 0 e. The van der Waals surface area contributed by atoms with Gasteiger partial charge in [-0.3, -0.25) is 0 Å². The van der Waals surface area contributed by atoms with Crippen LogP contribution in [0.4, 0.5) is 0 Å². The van der Waals surface area contributed by atoms with Crippen molar-refractivity contribution in [3.05, 3.63) is 0 Å². The van der Waals surface area contributed by atoms with Crippen molar-refractivity contribution < 1.29 is 0 Å². The van der Waals surface area contributed by atoms with Gasteiger partial charge in [0, 0.05) is 23.1 Å². The van der Waals surface area contributed by atoms with Gasteiger partial charge in [0.25, 0.3) is 0 Å². The van der Waals surface area contributed by atoms with E-state index in [1.807, 2.05) is 0 Å². The van der Waals surface area contributed by atoms with Gasteiger partial charge in [-0.05, 0) is 0 Å². The Morgan fingerprint density at radius 3 is 0.556 bits per heavy atom. The predicted octanol–water partition coefficient (Wildman–Crippen LogP) is 2.36. The Morgan fingerprint density at radius 1 is 0.556 bits per heavy atom. The van der Waals surface area contributed by atoms with Crippen LogP contribution in [0.5, 0.6) is 0 Å². The maximum absolute atomic E-state index is 2.33. The summed E-state index contributed by atoms with van der Waals surface area (Å²) in [6, 6.07) is 0. The SMILES string of the molecule is [CH3][Ge]([CH3])[CH3].[CH3][Ge]([CH3])[CH3].[Mg]. The summed E-state index contributed by atoms with van der Waals surface area (Å²) in [5.41, 5.74) is 0. The smallest absolute Gasteiger partial charge is 0 e. The van der Waals surface area contributed by atoms with Gasteiger partial charge in [0.1, 0.15) is 0 Å². The van der Waals surface area contributed by atoms with E-state index in [0.29, 0.717) is 0 Å². The topological polar surface area (TPSA) is 0 Å².